The van der Waals surface area contributed by atoms with Gasteiger partial charge in [-0.2, -0.15) is 0 Å². The van der Waals surface area contributed by atoms with Gasteiger partial charge in [-0.25, -0.2) is 0 Å². The third-order valence-corrected chi connectivity index (χ3v) is 7.86. The highest BCUT2D eigenvalue weighted by Gasteiger charge is 2.28. The van der Waals surface area contributed by atoms with Crippen LogP contribution in [-0.2, 0) is 16.1 Å². The van der Waals surface area contributed by atoms with E-state index in [1.807, 2.05) is 30.3 Å². The number of hydrogen-bond donors (Lipinski definition) is 1. The van der Waals surface area contributed by atoms with E-state index in [0.717, 1.165) is 36.1 Å². The predicted molar refractivity (Wildman–Crippen MR) is 138 cm³/mol. The zero-order valence-electron chi connectivity index (χ0n) is 18.7. The number of rotatable bonds is 9. The zero-order chi connectivity index (χ0) is 23.8. The Morgan fingerprint density at radius 3 is 2.39 bits per heavy atom. The quantitative estimate of drug-likeness (QED) is 0.357. The summed E-state index contributed by atoms with van der Waals surface area (Å²) in [6, 6.07) is 12.4. The van der Waals surface area contributed by atoms with Crippen molar-refractivity contribution in [2.75, 3.05) is 5.75 Å². The standard InChI is InChI=1S/C25H29Cl3N2O2S/c1-17(25(32)29-20-5-3-2-4-6-20)30(16-18-7-12-22(27)23(28)15-18)24(31)13-14-33-21-10-8-19(26)9-11-21/h7-12,15,17,20H,2-6,13-14,16H2,1H3,(H,29,32)/t17-/m0/s1. The molecule has 0 saturated heterocycles. The highest BCUT2D eigenvalue weighted by molar-refractivity contribution is 7.99. The second-order valence-electron chi connectivity index (χ2n) is 8.34. The second-order valence-corrected chi connectivity index (χ2v) is 10.8. The van der Waals surface area contributed by atoms with Gasteiger partial charge >= 0.3 is 0 Å². The van der Waals surface area contributed by atoms with Crippen molar-refractivity contribution in [1.82, 2.24) is 10.2 Å². The molecule has 178 valence electrons. The Kier molecular flexibility index (Phi) is 10.2. The van der Waals surface area contributed by atoms with E-state index < -0.39 is 6.04 Å². The fourth-order valence-corrected chi connectivity index (χ4v) is 5.20. The smallest absolute Gasteiger partial charge is 0.242 e. The first-order chi connectivity index (χ1) is 15.8. The first kappa shape index (κ1) is 26.2. The van der Waals surface area contributed by atoms with Crippen molar-refractivity contribution < 1.29 is 9.59 Å². The number of nitrogens with one attached hydrogen (secondary N) is 1. The average Bonchev–Trinajstić information content (AvgIpc) is 2.81. The fourth-order valence-electron chi connectivity index (χ4n) is 3.92. The van der Waals surface area contributed by atoms with E-state index in [-0.39, 0.29) is 17.9 Å². The number of halogens is 3. The van der Waals surface area contributed by atoms with Gasteiger partial charge in [0.2, 0.25) is 11.8 Å². The maximum absolute atomic E-state index is 13.2. The number of hydrogen-bond acceptors (Lipinski definition) is 3. The van der Waals surface area contributed by atoms with Crippen molar-refractivity contribution >= 4 is 58.4 Å². The highest BCUT2D eigenvalue weighted by atomic mass is 35.5. The summed E-state index contributed by atoms with van der Waals surface area (Å²) < 4.78 is 0. The number of nitrogens with zero attached hydrogens (tertiary/aromatic N) is 1. The van der Waals surface area contributed by atoms with Crippen LogP contribution in [0.3, 0.4) is 0 Å². The first-order valence-electron chi connectivity index (χ1n) is 11.3. The second kappa shape index (κ2) is 12.9. The summed E-state index contributed by atoms with van der Waals surface area (Å²) in [6.07, 6.45) is 5.79. The molecule has 0 aromatic heterocycles. The molecule has 1 N–H and O–H groups in total. The van der Waals surface area contributed by atoms with Gasteiger partial charge in [0.15, 0.2) is 0 Å². The summed E-state index contributed by atoms with van der Waals surface area (Å²) in [5.41, 5.74) is 0.834. The molecule has 0 aliphatic heterocycles. The maximum atomic E-state index is 13.2. The van der Waals surface area contributed by atoms with Crippen molar-refractivity contribution in [2.45, 2.75) is 69.0 Å². The van der Waals surface area contributed by atoms with Crippen LogP contribution in [0.15, 0.2) is 47.4 Å². The van der Waals surface area contributed by atoms with Crippen LogP contribution in [0, 0.1) is 0 Å². The van der Waals surface area contributed by atoms with Gasteiger partial charge in [-0.1, -0.05) is 60.1 Å². The largest absolute Gasteiger partial charge is 0.352 e. The van der Waals surface area contributed by atoms with E-state index in [2.05, 4.69) is 5.32 Å². The molecule has 1 fully saturated rings. The van der Waals surface area contributed by atoms with Crippen LogP contribution in [0.4, 0.5) is 0 Å². The van der Waals surface area contributed by atoms with Crippen LogP contribution in [-0.4, -0.2) is 34.6 Å². The van der Waals surface area contributed by atoms with E-state index in [1.54, 1.807) is 35.7 Å². The van der Waals surface area contributed by atoms with E-state index >= 15 is 0 Å². The molecule has 0 bridgehead atoms. The van der Waals surface area contributed by atoms with Crippen LogP contribution >= 0.6 is 46.6 Å². The molecule has 0 radical (unpaired) electrons. The predicted octanol–water partition coefficient (Wildman–Crippen LogP) is 7.00. The Morgan fingerprint density at radius 2 is 1.73 bits per heavy atom. The van der Waals surface area contributed by atoms with Crippen LogP contribution in [0.1, 0.15) is 51.0 Å². The van der Waals surface area contributed by atoms with Crippen molar-refractivity contribution in [1.29, 1.82) is 0 Å². The fraction of sp³-hybridized carbons (Fsp3) is 0.440. The van der Waals surface area contributed by atoms with E-state index in [0.29, 0.717) is 33.8 Å². The lowest BCUT2D eigenvalue weighted by atomic mass is 9.95. The number of carbonyl (C=O) groups excluding carboxylic acids is 2. The summed E-state index contributed by atoms with van der Waals surface area (Å²) in [5, 5.41) is 4.72. The number of carbonyl (C=O) groups is 2. The van der Waals surface area contributed by atoms with Gasteiger partial charge in [-0.05, 0) is 61.7 Å². The van der Waals surface area contributed by atoms with Crippen LogP contribution in [0.5, 0.6) is 0 Å². The lowest BCUT2D eigenvalue weighted by Gasteiger charge is -2.31. The van der Waals surface area contributed by atoms with E-state index in [1.165, 1.54) is 6.42 Å². The topological polar surface area (TPSA) is 49.4 Å². The molecule has 4 nitrogen and oxygen atoms in total. The molecule has 1 saturated carbocycles. The minimum Gasteiger partial charge on any atom is -0.352 e. The summed E-state index contributed by atoms with van der Waals surface area (Å²) in [4.78, 5) is 28.9. The molecule has 1 aliphatic carbocycles. The summed E-state index contributed by atoms with van der Waals surface area (Å²) in [6.45, 7) is 2.08. The van der Waals surface area contributed by atoms with Crippen LogP contribution in [0.2, 0.25) is 15.1 Å². The molecular formula is C25H29Cl3N2O2S. The lowest BCUT2D eigenvalue weighted by Crippen LogP contribution is -2.50. The van der Waals surface area contributed by atoms with Gasteiger partial charge in [-0.15, -0.1) is 11.8 Å². The molecule has 1 atom stereocenters. The summed E-state index contributed by atoms with van der Waals surface area (Å²) >= 11 is 19.8. The molecule has 0 heterocycles. The molecule has 0 spiro atoms. The number of amides is 2. The van der Waals surface area contributed by atoms with Gasteiger partial charge < -0.3 is 10.2 Å². The minimum absolute atomic E-state index is 0.0752. The molecule has 2 amide bonds. The van der Waals surface area contributed by atoms with Crippen molar-refractivity contribution in [3.8, 4) is 0 Å². The molecule has 3 rings (SSSR count). The third kappa shape index (κ3) is 8.10. The molecule has 0 unspecified atom stereocenters. The Labute approximate surface area is 215 Å². The number of benzene rings is 2. The van der Waals surface area contributed by atoms with Gasteiger partial charge in [-0.3, -0.25) is 9.59 Å². The molecule has 2 aromatic carbocycles. The van der Waals surface area contributed by atoms with Crippen molar-refractivity contribution in [3.05, 3.63) is 63.1 Å². The monoisotopic (exact) mass is 526 g/mol. The number of thioether (sulfide) groups is 1. The lowest BCUT2D eigenvalue weighted by molar-refractivity contribution is -0.140. The van der Waals surface area contributed by atoms with Crippen LogP contribution in [0.25, 0.3) is 0 Å². The Hall–Kier alpha value is -1.40. The van der Waals surface area contributed by atoms with E-state index in [4.69, 9.17) is 34.8 Å². The van der Waals surface area contributed by atoms with Crippen molar-refractivity contribution in [2.24, 2.45) is 0 Å². The van der Waals surface area contributed by atoms with E-state index in [9.17, 15) is 9.59 Å². The summed E-state index contributed by atoms with van der Waals surface area (Å²) in [7, 11) is 0. The van der Waals surface area contributed by atoms with Gasteiger partial charge in [0.1, 0.15) is 6.04 Å². The third-order valence-electron chi connectivity index (χ3n) is 5.85. The molecular weight excluding hydrogens is 499 g/mol. The average molecular weight is 528 g/mol. The summed E-state index contributed by atoms with van der Waals surface area (Å²) in [5.74, 6) is 0.421. The Bertz CT molecular complexity index is 949. The molecule has 33 heavy (non-hydrogen) atoms. The highest BCUT2D eigenvalue weighted by Crippen LogP contribution is 2.25. The normalized spacial score (nSPS) is 15.2. The van der Waals surface area contributed by atoms with Gasteiger partial charge in [0.25, 0.3) is 0 Å². The molecule has 2 aromatic rings. The minimum atomic E-state index is -0.589. The SMILES string of the molecule is C[C@@H](C(=O)NC1CCCCC1)N(Cc1ccc(Cl)c(Cl)c1)C(=O)CCSc1ccc(Cl)cc1. The van der Waals surface area contributed by atoms with Gasteiger partial charge in [0, 0.05) is 34.7 Å². The first-order valence-corrected chi connectivity index (χ1v) is 13.4. The van der Waals surface area contributed by atoms with Gasteiger partial charge in [0.05, 0.1) is 10.0 Å². The van der Waals surface area contributed by atoms with Crippen LogP contribution < -0.4 is 5.32 Å². The van der Waals surface area contributed by atoms with Crippen molar-refractivity contribution in [3.63, 3.8) is 0 Å². The Morgan fingerprint density at radius 1 is 1.03 bits per heavy atom. The zero-order valence-corrected chi connectivity index (χ0v) is 21.7. The molecule has 8 heteroatoms. The maximum Gasteiger partial charge on any atom is 0.242 e. The molecule has 1 aliphatic rings. The Balaban J connectivity index is 1.67.